The van der Waals surface area contributed by atoms with Crippen LogP contribution in [0.15, 0.2) is 12.2 Å². The maximum absolute atomic E-state index is 3.37. The molecule has 1 aliphatic heterocycles. The molecule has 0 bridgehead atoms. The van der Waals surface area contributed by atoms with Gasteiger partial charge in [0.1, 0.15) is 0 Å². The summed E-state index contributed by atoms with van der Waals surface area (Å²) < 4.78 is 0. The summed E-state index contributed by atoms with van der Waals surface area (Å²) in [6, 6.07) is 1.60. The SMILES string of the molecule is CNC1CCN(C2CC=CC2)CC1. The molecule has 74 valence electrons. The number of piperidine rings is 1. The van der Waals surface area contributed by atoms with Crippen LogP contribution in [0, 0.1) is 0 Å². The predicted molar refractivity (Wildman–Crippen MR) is 55.8 cm³/mol. The molecule has 1 fully saturated rings. The van der Waals surface area contributed by atoms with E-state index in [1.165, 1.54) is 38.8 Å². The summed E-state index contributed by atoms with van der Waals surface area (Å²) in [5.41, 5.74) is 0. The fourth-order valence-corrected chi connectivity index (χ4v) is 2.45. The highest BCUT2D eigenvalue weighted by molar-refractivity contribution is 4.99. The van der Waals surface area contributed by atoms with Gasteiger partial charge in [0.05, 0.1) is 0 Å². The Hall–Kier alpha value is -0.340. The average Bonchev–Trinajstić information content (AvgIpc) is 2.71. The van der Waals surface area contributed by atoms with Crippen molar-refractivity contribution in [2.75, 3.05) is 20.1 Å². The minimum Gasteiger partial charge on any atom is -0.317 e. The van der Waals surface area contributed by atoms with E-state index in [-0.39, 0.29) is 0 Å². The van der Waals surface area contributed by atoms with E-state index in [2.05, 4.69) is 29.4 Å². The number of likely N-dealkylation sites (tertiary alicyclic amines) is 1. The fourth-order valence-electron chi connectivity index (χ4n) is 2.45. The molecule has 0 radical (unpaired) electrons. The Balaban J connectivity index is 1.77. The van der Waals surface area contributed by atoms with Crippen LogP contribution in [0.1, 0.15) is 25.7 Å². The van der Waals surface area contributed by atoms with Crippen molar-refractivity contribution in [3.8, 4) is 0 Å². The monoisotopic (exact) mass is 180 g/mol. The fraction of sp³-hybridized carbons (Fsp3) is 0.818. The smallest absolute Gasteiger partial charge is 0.0164 e. The summed E-state index contributed by atoms with van der Waals surface area (Å²) in [6.45, 7) is 2.58. The van der Waals surface area contributed by atoms with Crippen LogP contribution in [-0.2, 0) is 0 Å². The number of hydrogen-bond acceptors (Lipinski definition) is 2. The lowest BCUT2D eigenvalue weighted by molar-refractivity contribution is 0.151. The van der Waals surface area contributed by atoms with Crippen LogP contribution >= 0.6 is 0 Å². The van der Waals surface area contributed by atoms with Crippen molar-refractivity contribution in [2.45, 2.75) is 37.8 Å². The van der Waals surface area contributed by atoms with E-state index in [1.54, 1.807) is 0 Å². The van der Waals surface area contributed by atoms with Crippen molar-refractivity contribution in [3.63, 3.8) is 0 Å². The van der Waals surface area contributed by atoms with Crippen molar-refractivity contribution in [2.24, 2.45) is 0 Å². The first-order chi connectivity index (χ1) is 6.40. The second-order valence-electron chi connectivity index (χ2n) is 4.20. The van der Waals surface area contributed by atoms with E-state index < -0.39 is 0 Å². The molecule has 0 unspecified atom stereocenters. The Morgan fingerprint density at radius 1 is 1.15 bits per heavy atom. The maximum Gasteiger partial charge on any atom is 0.0164 e. The molecule has 0 aromatic heterocycles. The molecule has 0 spiro atoms. The van der Waals surface area contributed by atoms with E-state index in [9.17, 15) is 0 Å². The summed E-state index contributed by atoms with van der Waals surface area (Å²) in [4.78, 5) is 2.66. The van der Waals surface area contributed by atoms with Gasteiger partial charge in [-0.05, 0) is 45.8 Å². The van der Waals surface area contributed by atoms with Gasteiger partial charge in [0.2, 0.25) is 0 Å². The van der Waals surface area contributed by atoms with Gasteiger partial charge >= 0.3 is 0 Å². The molecule has 1 N–H and O–H groups in total. The number of nitrogens with one attached hydrogen (secondary N) is 1. The zero-order valence-corrected chi connectivity index (χ0v) is 8.50. The van der Waals surface area contributed by atoms with Crippen LogP contribution in [0.3, 0.4) is 0 Å². The molecule has 0 aromatic rings. The van der Waals surface area contributed by atoms with Gasteiger partial charge in [0.25, 0.3) is 0 Å². The van der Waals surface area contributed by atoms with Gasteiger partial charge in [-0.3, -0.25) is 4.90 Å². The van der Waals surface area contributed by atoms with Gasteiger partial charge in [-0.1, -0.05) is 12.2 Å². The van der Waals surface area contributed by atoms with Crippen molar-refractivity contribution < 1.29 is 0 Å². The molecule has 2 aliphatic rings. The molecule has 0 saturated carbocycles. The van der Waals surface area contributed by atoms with Crippen LogP contribution in [0.5, 0.6) is 0 Å². The zero-order valence-electron chi connectivity index (χ0n) is 8.50. The zero-order chi connectivity index (χ0) is 9.10. The van der Waals surface area contributed by atoms with Gasteiger partial charge in [0.15, 0.2) is 0 Å². The third-order valence-electron chi connectivity index (χ3n) is 3.44. The predicted octanol–water partition coefficient (Wildman–Crippen LogP) is 1.39. The van der Waals surface area contributed by atoms with Gasteiger partial charge in [-0.2, -0.15) is 0 Å². The summed E-state index contributed by atoms with van der Waals surface area (Å²) in [7, 11) is 2.08. The number of nitrogens with zero attached hydrogens (tertiary/aromatic N) is 1. The molecule has 13 heavy (non-hydrogen) atoms. The topological polar surface area (TPSA) is 15.3 Å². The summed E-state index contributed by atoms with van der Waals surface area (Å²) >= 11 is 0. The minimum absolute atomic E-state index is 0.769. The Morgan fingerprint density at radius 3 is 2.31 bits per heavy atom. The molecule has 1 saturated heterocycles. The highest BCUT2D eigenvalue weighted by Gasteiger charge is 2.24. The molecule has 2 heteroatoms. The normalized spacial score (nSPS) is 27.2. The van der Waals surface area contributed by atoms with Crippen molar-refractivity contribution in [1.82, 2.24) is 10.2 Å². The number of rotatable bonds is 2. The minimum atomic E-state index is 0.769. The lowest BCUT2D eigenvalue weighted by atomic mass is 10.0. The van der Waals surface area contributed by atoms with Crippen LogP contribution in [0.2, 0.25) is 0 Å². The van der Waals surface area contributed by atoms with Gasteiger partial charge < -0.3 is 5.32 Å². The Kier molecular flexibility index (Phi) is 3.01. The van der Waals surface area contributed by atoms with Crippen molar-refractivity contribution in [1.29, 1.82) is 0 Å². The van der Waals surface area contributed by atoms with E-state index in [1.807, 2.05) is 0 Å². The van der Waals surface area contributed by atoms with E-state index in [0.29, 0.717) is 0 Å². The van der Waals surface area contributed by atoms with Crippen LogP contribution < -0.4 is 5.32 Å². The molecule has 2 rings (SSSR count). The average molecular weight is 180 g/mol. The highest BCUT2D eigenvalue weighted by Crippen LogP contribution is 2.21. The first-order valence-electron chi connectivity index (χ1n) is 5.46. The largest absolute Gasteiger partial charge is 0.317 e. The first-order valence-corrected chi connectivity index (χ1v) is 5.46. The first kappa shape index (κ1) is 9.22. The van der Waals surface area contributed by atoms with E-state index in [4.69, 9.17) is 0 Å². The van der Waals surface area contributed by atoms with Crippen molar-refractivity contribution in [3.05, 3.63) is 12.2 Å². The quantitative estimate of drug-likeness (QED) is 0.646. The van der Waals surface area contributed by atoms with Crippen LogP contribution in [0.25, 0.3) is 0 Å². The molecular weight excluding hydrogens is 160 g/mol. The summed E-state index contributed by atoms with van der Waals surface area (Å²) in [5, 5.41) is 3.37. The molecular formula is C11H20N2. The van der Waals surface area contributed by atoms with Gasteiger partial charge in [-0.15, -0.1) is 0 Å². The molecule has 0 aromatic carbocycles. The third-order valence-corrected chi connectivity index (χ3v) is 3.44. The Bertz CT molecular complexity index is 173. The van der Waals surface area contributed by atoms with Crippen LogP contribution in [-0.4, -0.2) is 37.1 Å². The molecule has 0 atom stereocenters. The van der Waals surface area contributed by atoms with Gasteiger partial charge in [0, 0.05) is 12.1 Å². The summed E-state index contributed by atoms with van der Waals surface area (Å²) in [6.07, 6.45) is 9.87. The second kappa shape index (κ2) is 4.25. The highest BCUT2D eigenvalue weighted by atomic mass is 15.2. The molecule has 2 nitrogen and oxygen atoms in total. The Labute approximate surface area is 81.0 Å². The second-order valence-corrected chi connectivity index (χ2v) is 4.20. The van der Waals surface area contributed by atoms with Crippen LogP contribution in [0.4, 0.5) is 0 Å². The summed E-state index contributed by atoms with van der Waals surface area (Å²) in [5.74, 6) is 0. The van der Waals surface area contributed by atoms with E-state index >= 15 is 0 Å². The standard InChI is InChI=1S/C11H20N2/c1-12-10-6-8-13(9-7-10)11-4-2-3-5-11/h2-3,10-12H,4-9H2,1H3. The van der Waals surface area contributed by atoms with Crippen molar-refractivity contribution >= 4 is 0 Å². The molecule has 1 heterocycles. The lowest BCUT2D eigenvalue weighted by Crippen LogP contribution is -2.45. The Morgan fingerprint density at radius 2 is 1.77 bits per heavy atom. The molecule has 1 aliphatic carbocycles. The lowest BCUT2D eigenvalue weighted by Gasteiger charge is -2.35. The number of hydrogen-bond donors (Lipinski definition) is 1. The maximum atomic E-state index is 3.37. The van der Waals surface area contributed by atoms with Gasteiger partial charge in [-0.25, -0.2) is 0 Å². The third kappa shape index (κ3) is 2.12. The molecule has 0 amide bonds. The van der Waals surface area contributed by atoms with E-state index in [0.717, 1.165) is 12.1 Å².